The monoisotopic (exact) mass is 184 g/mol. The van der Waals surface area contributed by atoms with Crippen molar-refractivity contribution in [2.45, 2.75) is 18.7 Å². The Morgan fingerprint density at radius 1 is 1.62 bits per heavy atom. The first-order chi connectivity index (χ1) is 6.36. The van der Waals surface area contributed by atoms with Gasteiger partial charge in [-0.25, -0.2) is 4.98 Å². The third-order valence-corrected chi connectivity index (χ3v) is 2.07. The van der Waals surface area contributed by atoms with Crippen molar-refractivity contribution >= 4 is 0 Å². The van der Waals surface area contributed by atoms with Crippen LogP contribution >= 0.6 is 0 Å². The summed E-state index contributed by atoms with van der Waals surface area (Å²) in [5.41, 5.74) is 0. The van der Waals surface area contributed by atoms with Gasteiger partial charge in [0.25, 0.3) is 0 Å². The molecule has 1 aromatic rings. The highest BCUT2D eigenvalue weighted by Gasteiger charge is 2.25. The molecule has 2 N–H and O–H groups in total. The normalized spacial score (nSPS) is 28.1. The van der Waals surface area contributed by atoms with Crippen molar-refractivity contribution in [1.82, 2.24) is 10.3 Å². The molecule has 2 heterocycles. The van der Waals surface area contributed by atoms with Gasteiger partial charge in [0, 0.05) is 0 Å². The van der Waals surface area contributed by atoms with E-state index in [0.29, 0.717) is 19.8 Å². The Morgan fingerprint density at radius 2 is 2.54 bits per heavy atom. The minimum Gasteiger partial charge on any atom is -0.447 e. The highest BCUT2D eigenvalue weighted by molar-refractivity contribution is 4.90. The van der Waals surface area contributed by atoms with Crippen LogP contribution in [-0.4, -0.2) is 35.5 Å². The molecule has 0 aliphatic carbocycles. The van der Waals surface area contributed by atoms with E-state index in [9.17, 15) is 5.11 Å². The second-order valence-corrected chi connectivity index (χ2v) is 3.06. The van der Waals surface area contributed by atoms with Crippen LogP contribution in [0.25, 0.3) is 0 Å². The van der Waals surface area contributed by atoms with Gasteiger partial charge in [0.15, 0.2) is 6.39 Å². The standard InChI is InChI=1S/C8H12N2O3/c11-8-4-12-3-7(8)10-2-6-1-9-5-13-6/h1,5,7-8,10-11H,2-4H2. The number of aliphatic hydroxyl groups excluding tert-OH is 1. The van der Waals surface area contributed by atoms with Gasteiger partial charge in [0.05, 0.1) is 38.1 Å². The van der Waals surface area contributed by atoms with E-state index in [0.717, 1.165) is 5.76 Å². The maximum Gasteiger partial charge on any atom is 0.180 e. The van der Waals surface area contributed by atoms with Crippen LogP contribution in [0.4, 0.5) is 0 Å². The van der Waals surface area contributed by atoms with E-state index in [1.165, 1.54) is 6.39 Å². The Morgan fingerprint density at radius 3 is 3.15 bits per heavy atom. The molecule has 0 radical (unpaired) electrons. The number of nitrogens with one attached hydrogen (secondary N) is 1. The average Bonchev–Trinajstić information content (AvgIpc) is 2.72. The van der Waals surface area contributed by atoms with Gasteiger partial charge in [-0.2, -0.15) is 0 Å². The van der Waals surface area contributed by atoms with Gasteiger partial charge in [-0.3, -0.25) is 0 Å². The smallest absolute Gasteiger partial charge is 0.180 e. The van der Waals surface area contributed by atoms with Gasteiger partial charge >= 0.3 is 0 Å². The average molecular weight is 184 g/mol. The molecule has 0 saturated carbocycles. The maximum absolute atomic E-state index is 9.38. The van der Waals surface area contributed by atoms with Crippen LogP contribution in [0.15, 0.2) is 17.0 Å². The van der Waals surface area contributed by atoms with Crippen LogP contribution in [0.3, 0.4) is 0 Å². The Labute approximate surface area is 75.7 Å². The van der Waals surface area contributed by atoms with E-state index in [2.05, 4.69) is 10.3 Å². The molecule has 5 heteroatoms. The zero-order valence-corrected chi connectivity index (χ0v) is 7.14. The van der Waals surface area contributed by atoms with Crippen LogP contribution in [0.1, 0.15) is 5.76 Å². The molecule has 1 saturated heterocycles. The molecule has 72 valence electrons. The lowest BCUT2D eigenvalue weighted by Crippen LogP contribution is -2.38. The fraction of sp³-hybridized carbons (Fsp3) is 0.625. The van der Waals surface area contributed by atoms with Gasteiger partial charge in [-0.1, -0.05) is 0 Å². The molecule has 0 spiro atoms. The molecule has 2 rings (SSSR count). The molecule has 1 aliphatic rings. The number of ether oxygens (including phenoxy) is 1. The number of aromatic nitrogens is 1. The SMILES string of the molecule is OC1COCC1NCc1cnco1. The predicted molar refractivity (Wildman–Crippen MR) is 44.0 cm³/mol. The van der Waals surface area contributed by atoms with Gasteiger partial charge in [-0.05, 0) is 0 Å². The number of hydrogen-bond donors (Lipinski definition) is 2. The zero-order chi connectivity index (χ0) is 9.10. The van der Waals surface area contributed by atoms with E-state index in [4.69, 9.17) is 9.15 Å². The largest absolute Gasteiger partial charge is 0.447 e. The van der Waals surface area contributed by atoms with Crippen molar-refractivity contribution in [3.05, 3.63) is 18.4 Å². The molecule has 1 aromatic heterocycles. The molecule has 2 atom stereocenters. The minimum absolute atomic E-state index is 0.00472. The maximum atomic E-state index is 9.38. The number of nitrogens with zero attached hydrogens (tertiary/aromatic N) is 1. The highest BCUT2D eigenvalue weighted by Crippen LogP contribution is 2.06. The summed E-state index contributed by atoms with van der Waals surface area (Å²) in [6.45, 7) is 1.54. The summed E-state index contributed by atoms with van der Waals surface area (Å²) >= 11 is 0. The van der Waals surface area contributed by atoms with Crippen LogP contribution in [0.2, 0.25) is 0 Å². The Kier molecular flexibility index (Phi) is 2.58. The minimum atomic E-state index is -0.414. The van der Waals surface area contributed by atoms with E-state index >= 15 is 0 Å². The molecular weight excluding hydrogens is 172 g/mol. The van der Waals surface area contributed by atoms with Crippen molar-refractivity contribution < 1.29 is 14.3 Å². The third kappa shape index (κ3) is 2.06. The summed E-state index contributed by atoms with van der Waals surface area (Å²) < 4.78 is 10.1. The molecule has 0 amide bonds. The van der Waals surface area contributed by atoms with Crippen molar-refractivity contribution in [3.8, 4) is 0 Å². The molecular formula is C8H12N2O3. The molecule has 0 bridgehead atoms. The van der Waals surface area contributed by atoms with E-state index < -0.39 is 6.10 Å². The van der Waals surface area contributed by atoms with E-state index in [1.54, 1.807) is 6.20 Å². The topological polar surface area (TPSA) is 67.5 Å². The quantitative estimate of drug-likeness (QED) is 0.664. The third-order valence-electron chi connectivity index (χ3n) is 2.07. The number of aliphatic hydroxyl groups is 1. The van der Waals surface area contributed by atoms with Gasteiger partial charge in [-0.15, -0.1) is 0 Å². The predicted octanol–water partition coefficient (Wildman–Crippen LogP) is -0.476. The Bertz CT molecular complexity index is 250. The van der Waals surface area contributed by atoms with Crippen molar-refractivity contribution in [1.29, 1.82) is 0 Å². The first-order valence-corrected chi connectivity index (χ1v) is 4.23. The molecule has 13 heavy (non-hydrogen) atoms. The summed E-state index contributed by atoms with van der Waals surface area (Å²) in [6.07, 6.45) is 2.62. The van der Waals surface area contributed by atoms with Crippen molar-refractivity contribution in [2.75, 3.05) is 13.2 Å². The summed E-state index contributed by atoms with van der Waals surface area (Å²) in [4.78, 5) is 3.79. The van der Waals surface area contributed by atoms with Crippen LogP contribution in [0, 0.1) is 0 Å². The summed E-state index contributed by atoms with van der Waals surface area (Å²) in [5.74, 6) is 0.763. The summed E-state index contributed by atoms with van der Waals surface area (Å²) in [7, 11) is 0. The number of rotatable bonds is 3. The van der Waals surface area contributed by atoms with Gasteiger partial charge < -0.3 is 19.6 Å². The van der Waals surface area contributed by atoms with Crippen LogP contribution in [-0.2, 0) is 11.3 Å². The van der Waals surface area contributed by atoms with Gasteiger partial charge in [0.2, 0.25) is 0 Å². The lowest BCUT2D eigenvalue weighted by atomic mass is 10.2. The molecule has 1 aliphatic heterocycles. The Hall–Kier alpha value is -0.910. The van der Waals surface area contributed by atoms with Crippen LogP contribution < -0.4 is 5.32 Å². The Balaban J connectivity index is 1.79. The first-order valence-electron chi connectivity index (χ1n) is 4.23. The summed E-state index contributed by atoms with van der Waals surface area (Å²) in [6, 6.07) is 0.00472. The fourth-order valence-electron chi connectivity index (χ4n) is 1.30. The lowest BCUT2D eigenvalue weighted by Gasteiger charge is -2.12. The van der Waals surface area contributed by atoms with E-state index in [-0.39, 0.29) is 6.04 Å². The molecule has 1 fully saturated rings. The fourth-order valence-corrected chi connectivity index (χ4v) is 1.30. The lowest BCUT2D eigenvalue weighted by molar-refractivity contribution is 0.122. The second kappa shape index (κ2) is 3.87. The highest BCUT2D eigenvalue weighted by atomic mass is 16.5. The number of hydrogen-bond acceptors (Lipinski definition) is 5. The van der Waals surface area contributed by atoms with Crippen molar-refractivity contribution in [3.63, 3.8) is 0 Å². The molecule has 5 nitrogen and oxygen atoms in total. The number of oxazole rings is 1. The summed E-state index contributed by atoms with van der Waals surface area (Å²) in [5, 5.41) is 12.5. The first kappa shape index (κ1) is 8.68. The van der Waals surface area contributed by atoms with Crippen molar-refractivity contribution in [2.24, 2.45) is 0 Å². The zero-order valence-electron chi connectivity index (χ0n) is 7.14. The molecule has 0 aromatic carbocycles. The van der Waals surface area contributed by atoms with Crippen LogP contribution in [0.5, 0.6) is 0 Å². The van der Waals surface area contributed by atoms with Gasteiger partial charge in [0.1, 0.15) is 5.76 Å². The van der Waals surface area contributed by atoms with E-state index in [1.807, 2.05) is 0 Å². The second-order valence-electron chi connectivity index (χ2n) is 3.06. The molecule has 2 unspecified atom stereocenters.